The first kappa shape index (κ1) is 20.7. The van der Waals surface area contributed by atoms with Gasteiger partial charge in [-0.05, 0) is 6.92 Å². The minimum Gasteiger partial charge on any atom is -0.465 e. The summed E-state index contributed by atoms with van der Waals surface area (Å²) in [5.41, 5.74) is -1.48. The van der Waals surface area contributed by atoms with Gasteiger partial charge in [0.05, 0.1) is 6.61 Å². The molecular weight excluding hydrogens is 328 g/mol. The third-order valence-electron chi connectivity index (χ3n) is 3.72. The lowest BCUT2D eigenvalue weighted by molar-refractivity contribution is -0.295. The van der Waals surface area contributed by atoms with Crippen LogP contribution >= 0.6 is 0 Å². The molecule has 0 aliphatic carbocycles. The average Bonchev–Trinajstić information content (AvgIpc) is 2.56. The lowest BCUT2D eigenvalue weighted by Gasteiger charge is -2.39. The molecule has 24 heavy (non-hydrogen) atoms. The Morgan fingerprint density at radius 3 is 2.25 bits per heavy atom. The molecule has 0 amide bonds. The molecule has 0 aromatic heterocycles. The number of rotatable bonds is 7. The van der Waals surface area contributed by atoms with Crippen LogP contribution in [0.5, 0.6) is 0 Å². The van der Waals surface area contributed by atoms with Gasteiger partial charge >= 0.3 is 11.9 Å². The smallest absolute Gasteiger partial charge is 0.317 e. The maximum absolute atomic E-state index is 12.1. The predicted molar refractivity (Wildman–Crippen MR) is 76.5 cm³/mol. The van der Waals surface area contributed by atoms with Crippen LogP contribution in [-0.2, 0) is 28.5 Å². The van der Waals surface area contributed by atoms with Crippen molar-refractivity contribution in [3.63, 3.8) is 0 Å². The molecule has 1 aliphatic rings. The Morgan fingerprint density at radius 2 is 1.75 bits per heavy atom. The Morgan fingerprint density at radius 1 is 1.12 bits per heavy atom. The van der Waals surface area contributed by atoms with Crippen LogP contribution in [0.3, 0.4) is 0 Å². The molecular formula is C14H24O10. The minimum absolute atomic E-state index is 0.381. The first-order chi connectivity index (χ1) is 11.2. The van der Waals surface area contributed by atoms with Crippen LogP contribution in [0.15, 0.2) is 0 Å². The van der Waals surface area contributed by atoms with Crippen molar-refractivity contribution < 1.29 is 49.0 Å². The van der Waals surface area contributed by atoms with Crippen LogP contribution in [-0.4, -0.2) is 90.0 Å². The van der Waals surface area contributed by atoms with E-state index in [1.165, 1.54) is 14.0 Å². The maximum atomic E-state index is 12.1. The Kier molecular flexibility index (Phi) is 7.52. The molecule has 6 atom stereocenters. The lowest BCUT2D eigenvalue weighted by atomic mass is 9.93. The lowest BCUT2D eigenvalue weighted by Crippen LogP contribution is -2.59. The zero-order valence-electron chi connectivity index (χ0n) is 13.7. The summed E-state index contributed by atoms with van der Waals surface area (Å²) in [5, 5.41) is 38.6. The fraction of sp³-hybridized carbons (Fsp3) is 0.857. The standard InChI is InChI=1S/C14H24O10/c1-7(16)23-6-14(2,5-15)13(20)22-4-8-9(17)10(18)11(19)12(21-3)24-8/h8-12,15,17-19H,4-6H2,1-3H3. The van der Waals surface area contributed by atoms with E-state index in [4.69, 9.17) is 18.9 Å². The molecule has 0 bridgehead atoms. The van der Waals surface area contributed by atoms with E-state index < -0.39 is 61.3 Å². The van der Waals surface area contributed by atoms with E-state index >= 15 is 0 Å². The van der Waals surface area contributed by atoms with Gasteiger partial charge in [-0.3, -0.25) is 9.59 Å². The van der Waals surface area contributed by atoms with Crippen LogP contribution in [0.1, 0.15) is 13.8 Å². The number of ether oxygens (including phenoxy) is 4. The van der Waals surface area contributed by atoms with Crippen molar-refractivity contribution in [2.75, 3.05) is 26.9 Å². The van der Waals surface area contributed by atoms with Gasteiger partial charge < -0.3 is 39.4 Å². The quantitative estimate of drug-likeness (QED) is 0.363. The number of esters is 2. The number of hydrogen-bond acceptors (Lipinski definition) is 10. The van der Waals surface area contributed by atoms with E-state index in [2.05, 4.69) is 0 Å². The van der Waals surface area contributed by atoms with Gasteiger partial charge in [0.2, 0.25) is 0 Å². The fourth-order valence-corrected chi connectivity index (χ4v) is 2.01. The second kappa shape index (κ2) is 8.70. The molecule has 6 unspecified atom stereocenters. The van der Waals surface area contributed by atoms with Crippen LogP contribution in [0, 0.1) is 5.41 Å². The zero-order valence-corrected chi connectivity index (χ0v) is 13.7. The Hall–Kier alpha value is -1.30. The SMILES string of the molecule is COC1OC(COC(=O)C(C)(CO)COC(C)=O)C(O)C(O)C1O. The number of aliphatic hydroxyl groups is 4. The van der Waals surface area contributed by atoms with Gasteiger partial charge in [-0.25, -0.2) is 0 Å². The molecule has 0 aromatic rings. The summed E-state index contributed by atoms with van der Waals surface area (Å²) in [4.78, 5) is 22.9. The predicted octanol–water partition coefficient (Wildman–Crippen LogP) is -2.45. The number of methoxy groups -OCH3 is 1. The van der Waals surface area contributed by atoms with Crippen LogP contribution in [0.25, 0.3) is 0 Å². The number of hydrogen-bond donors (Lipinski definition) is 4. The van der Waals surface area contributed by atoms with Crippen LogP contribution in [0.4, 0.5) is 0 Å². The highest BCUT2D eigenvalue weighted by molar-refractivity contribution is 5.77. The molecule has 4 N–H and O–H groups in total. The number of carbonyl (C=O) groups excluding carboxylic acids is 2. The maximum Gasteiger partial charge on any atom is 0.317 e. The monoisotopic (exact) mass is 352 g/mol. The fourth-order valence-electron chi connectivity index (χ4n) is 2.01. The third-order valence-corrected chi connectivity index (χ3v) is 3.72. The van der Waals surface area contributed by atoms with E-state index in [1.807, 2.05) is 0 Å². The van der Waals surface area contributed by atoms with Crippen molar-refractivity contribution in [1.82, 2.24) is 0 Å². The van der Waals surface area contributed by atoms with Gasteiger partial charge in [0.15, 0.2) is 6.29 Å². The normalized spacial score (nSPS) is 32.7. The Bertz CT molecular complexity index is 439. The van der Waals surface area contributed by atoms with Gasteiger partial charge in [0.1, 0.15) is 43.0 Å². The van der Waals surface area contributed by atoms with Crippen LogP contribution in [0.2, 0.25) is 0 Å². The summed E-state index contributed by atoms with van der Waals surface area (Å²) in [5.74, 6) is -1.50. The summed E-state index contributed by atoms with van der Waals surface area (Å²) in [6.45, 7) is 1.03. The Balaban J connectivity index is 2.65. The van der Waals surface area contributed by atoms with Gasteiger partial charge in [-0.1, -0.05) is 0 Å². The van der Waals surface area contributed by atoms with Crippen molar-refractivity contribution in [3.8, 4) is 0 Å². The molecule has 1 aliphatic heterocycles. The molecule has 1 fully saturated rings. The topological polar surface area (TPSA) is 152 Å². The number of carbonyl (C=O) groups is 2. The van der Waals surface area contributed by atoms with Crippen molar-refractivity contribution in [1.29, 1.82) is 0 Å². The highest BCUT2D eigenvalue weighted by Gasteiger charge is 2.45. The zero-order chi connectivity index (χ0) is 18.5. The van der Waals surface area contributed by atoms with Gasteiger partial charge in [0.25, 0.3) is 0 Å². The molecule has 0 saturated carbocycles. The highest BCUT2D eigenvalue weighted by Crippen LogP contribution is 2.24. The highest BCUT2D eigenvalue weighted by atomic mass is 16.7. The van der Waals surface area contributed by atoms with Gasteiger partial charge in [-0.2, -0.15) is 0 Å². The molecule has 0 aromatic carbocycles. The first-order valence-corrected chi connectivity index (χ1v) is 7.30. The van der Waals surface area contributed by atoms with E-state index in [0.717, 1.165) is 6.92 Å². The van der Waals surface area contributed by atoms with Crippen molar-refractivity contribution in [2.45, 2.75) is 44.6 Å². The summed E-state index contributed by atoms with van der Waals surface area (Å²) in [7, 11) is 1.24. The third kappa shape index (κ3) is 4.85. The molecule has 0 radical (unpaired) electrons. The molecule has 1 saturated heterocycles. The van der Waals surface area contributed by atoms with Gasteiger partial charge in [-0.15, -0.1) is 0 Å². The van der Waals surface area contributed by atoms with Crippen molar-refractivity contribution in [2.24, 2.45) is 5.41 Å². The van der Waals surface area contributed by atoms with Crippen molar-refractivity contribution in [3.05, 3.63) is 0 Å². The first-order valence-electron chi connectivity index (χ1n) is 7.30. The summed E-state index contributed by atoms with van der Waals surface area (Å²) < 4.78 is 19.8. The molecule has 0 spiro atoms. The van der Waals surface area contributed by atoms with E-state index in [1.54, 1.807) is 0 Å². The minimum atomic E-state index is -1.54. The summed E-state index contributed by atoms with van der Waals surface area (Å²) >= 11 is 0. The molecule has 1 heterocycles. The van der Waals surface area contributed by atoms with E-state index in [9.17, 15) is 30.0 Å². The van der Waals surface area contributed by atoms with Gasteiger partial charge in [0, 0.05) is 14.0 Å². The van der Waals surface area contributed by atoms with Crippen LogP contribution < -0.4 is 0 Å². The summed E-state index contributed by atoms with van der Waals surface area (Å²) in [6, 6.07) is 0. The molecule has 1 rings (SSSR count). The molecule has 10 heteroatoms. The second-order valence-electron chi connectivity index (χ2n) is 5.85. The molecule has 140 valence electrons. The molecule has 10 nitrogen and oxygen atoms in total. The Labute approximate surface area is 138 Å². The van der Waals surface area contributed by atoms with E-state index in [-0.39, 0.29) is 6.61 Å². The summed E-state index contributed by atoms with van der Waals surface area (Å²) in [6.07, 6.45) is -6.85. The van der Waals surface area contributed by atoms with E-state index in [0.29, 0.717) is 0 Å². The number of aliphatic hydroxyl groups excluding tert-OH is 4. The average molecular weight is 352 g/mol. The van der Waals surface area contributed by atoms with Crippen molar-refractivity contribution >= 4 is 11.9 Å². The second-order valence-corrected chi connectivity index (χ2v) is 5.85. The largest absolute Gasteiger partial charge is 0.465 e.